The Bertz CT molecular complexity index is 1700. The monoisotopic (exact) mass is 547 g/mol. The van der Waals surface area contributed by atoms with E-state index in [4.69, 9.17) is 14.2 Å². The van der Waals surface area contributed by atoms with Crippen LogP contribution in [0.25, 0.3) is 28.5 Å². The maximum absolute atomic E-state index is 12.9. The molecule has 0 spiro atoms. The number of nitrogens with zero attached hydrogens (tertiary/aromatic N) is 6. The van der Waals surface area contributed by atoms with E-state index in [1.807, 2.05) is 6.92 Å². The number of rotatable bonds is 10. The molecule has 0 amide bonds. The van der Waals surface area contributed by atoms with Gasteiger partial charge in [-0.3, -0.25) is 14.3 Å². The molecule has 1 N–H and O–H groups in total. The summed E-state index contributed by atoms with van der Waals surface area (Å²) in [7, 11) is -0.769. The summed E-state index contributed by atoms with van der Waals surface area (Å²) in [5.41, 5.74) is 1.88. The summed E-state index contributed by atoms with van der Waals surface area (Å²) in [6, 6.07) is 15.7. The quantitative estimate of drug-likeness (QED) is 0.275. The van der Waals surface area contributed by atoms with Crippen molar-refractivity contribution < 1.29 is 22.6 Å². The van der Waals surface area contributed by atoms with E-state index >= 15 is 0 Å². The lowest BCUT2D eigenvalue weighted by atomic mass is 10.2. The molecule has 0 atom stereocenters. The molecule has 0 aliphatic carbocycles. The first kappa shape index (κ1) is 25.9. The second-order valence-electron chi connectivity index (χ2n) is 8.16. The van der Waals surface area contributed by atoms with Gasteiger partial charge in [0.1, 0.15) is 28.6 Å². The Morgan fingerprint density at radius 2 is 1.67 bits per heavy atom. The van der Waals surface area contributed by atoms with Gasteiger partial charge in [0.25, 0.3) is 0 Å². The largest absolute Gasteiger partial charge is 0.494 e. The predicted molar refractivity (Wildman–Crippen MR) is 145 cm³/mol. The molecule has 0 saturated carbocycles. The Labute approximate surface area is 224 Å². The van der Waals surface area contributed by atoms with Gasteiger partial charge in [0.15, 0.2) is 22.9 Å². The number of methoxy groups -OCH3 is 2. The molecule has 5 aromatic rings. The lowest BCUT2D eigenvalue weighted by Gasteiger charge is -2.16. The maximum Gasteiger partial charge on any atom is 0.239 e. The normalized spacial score (nSPS) is 11.4. The maximum atomic E-state index is 12.9. The van der Waals surface area contributed by atoms with Gasteiger partial charge in [-0.15, -0.1) is 0 Å². The smallest absolute Gasteiger partial charge is 0.239 e. The van der Waals surface area contributed by atoms with Crippen LogP contribution in [-0.2, 0) is 15.8 Å². The summed E-state index contributed by atoms with van der Waals surface area (Å²) in [4.78, 5) is 22.4. The summed E-state index contributed by atoms with van der Waals surface area (Å²) in [6.45, 7) is 2.31. The molecule has 0 aliphatic rings. The minimum absolute atomic E-state index is 0.0102. The second kappa shape index (κ2) is 10.9. The number of fused-ring (bicyclic) bond motifs is 1. The van der Waals surface area contributed by atoms with Crippen LogP contribution in [0.5, 0.6) is 17.4 Å². The van der Waals surface area contributed by atoms with Crippen LogP contribution in [0.1, 0.15) is 12.6 Å². The number of hydrogen-bond donors (Lipinski definition) is 1. The lowest BCUT2D eigenvalue weighted by Crippen LogP contribution is -2.17. The van der Waals surface area contributed by atoms with Gasteiger partial charge in [-0.05, 0) is 37.3 Å². The van der Waals surface area contributed by atoms with E-state index in [9.17, 15) is 8.42 Å². The van der Waals surface area contributed by atoms with E-state index in [2.05, 4.69) is 29.6 Å². The Morgan fingerprint density at radius 1 is 0.897 bits per heavy atom. The van der Waals surface area contributed by atoms with Crippen molar-refractivity contribution in [3.8, 4) is 34.6 Å². The molecular weight excluding hydrogens is 522 g/mol. The van der Waals surface area contributed by atoms with Crippen LogP contribution in [0.2, 0.25) is 0 Å². The zero-order chi connectivity index (χ0) is 27.4. The summed E-state index contributed by atoms with van der Waals surface area (Å²) in [6.07, 6.45) is 2.84. The minimum Gasteiger partial charge on any atom is -0.494 e. The van der Waals surface area contributed by atoms with Gasteiger partial charge in [-0.2, -0.15) is 0 Å². The number of nitrogens with one attached hydrogen (secondary N) is 1. The van der Waals surface area contributed by atoms with Crippen molar-refractivity contribution in [2.24, 2.45) is 0 Å². The number of ether oxygens (including phenoxy) is 3. The average Bonchev–Trinajstić information content (AvgIpc) is 3.31. The summed E-state index contributed by atoms with van der Waals surface area (Å²) in [5, 5.41) is 0. The zero-order valence-corrected chi connectivity index (χ0v) is 22.2. The summed E-state index contributed by atoms with van der Waals surface area (Å²) >= 11 is 0. The zero-order valence-electron chi connectivity index (χ0n) is 21.4. The van der Waals surface area contributed by atoms with Crippen molar-refractivity contribution in [2.75, 3.05) is 25.5 Å². The third-order valence-corrected chi connectivity index (χ3v) is 6.76. The summed E-state index contributed by atoms with van der Waals surface area (Å²) < 4.78 is 46.8. The number of hydrogen-bond acceptors (Lipinski definition) is 10. The van der Waals surface area contributed by atoms with Crippen LogP contribution in [0.4, 0.5) is 5.82 Å². The second-order valence-corrected chi connectivity index (χ2v) is 9.88. The number of anilines is 1. The van der Waals surface area contributed by atoms with E-state index in [1.165, 1.54) is 26.6 Å². The van der Waals surface area contributed by atoms with Gasteiger partial charge in [0.05, 0.1) is 32.7 Å². The number of aromatic nitrogens is 6. The van der Waals surface area contributed by atoms with Crippen molar-refractivity contribution >= 4 is 27.1 Å². The molecule has 39 heavy (non-hydrogen) atoms. The van der Waals surface area contributed by atoms with Gasteiger partial charge in [0, 0.05) is 12.3 Å². The highest BCUT2D eigenvalue weighted by molar-refractivity contribution is 7.91. The molecule has 0 fully saturated rings. The van der Waals surface area contributed by atoms with Gasteiger partial charge in [-0.25, -0.2) is 28.4 Å². The molecule has 12 nitrogen and oxygen atoms in total. The van der Waals surface area contributed by atoms with Crippen molar-refractivity contribution in [1.29, 1.82) is 0 Å². The molecule has 4 aromatic heterocycles. The first-order valence-corrected chi connectivity index (χ1v) is 13.5. The fraction of sp³-hybridized carbons (Fsp3) is 0.192. The number of imidazole rings is 1. The van der Waals surface area contributed by atoms with Crippen LogP contribution >= 0.6 is 0 Å². The Morgan fingerprint density at radius 3 is 2.36 bits per heavy atom. The molecule has 13 heteroatoms. The fourth-order valence-electron chi connectivity index (χ4n) is 3.98. The van der Waals surface area contributed by atoms with Crippen LogP contribution in [0.3, 0.4) is 0 Å². The molecule has 0 aliphatic heterocycles. The van der Waals surface area contributed by atoms with Gasteiger partial charge in [-0.1, -0.05) is 18.2 Å². The number of pyridine rings is 2. The Hall–Kier alpha value is -4.78. The van der Waals surface area contributed by atoms with Crippen LogP contribution in [0.15, 0.2) is 67.0 Å². The van der Waals surface area contributed by atoms with Crippen molar-refractivity contribution in [2.45, 2.75) is 12.7 Å². The Kier molecular flexibility index (Phi) is 7.23. The highest BCUT2D eigenvalue weighted by Crippen LogP contribution is 2.38. The molecular formula is C26H25N7O5S. The van der Waals surface area contributed by atoms with Crippen LogP contribution in [-0.4, -0.2) is 58.7 Å². The van der Waals surface area contributed by atoms with E-state index in [0.29, 0.717) is 46.9 Å². The number of benzene rings is 1. The molecule has 0 radical (unpaired) electrons. The first-order chi connectivity index (χ1) is 18.9. The number of sulfonamides is 1. The van der Waals surface area contributed by atoms with Gasteiger partial charge in [0.2, 0.25) is 15.9 Å². The topological polar surface area (TPSA) is 143 Å². The van der Waals surface area contributed by atoms with Crippen molar-refractivity contribution in [3.63, 3.8) is 0 Å². The molecule has 0 saturated heterocycles. The third kappa shape index (κ3) is 5.43. The van der Waals surface area contributed by atoms with Crippen molar-refractivity contribution in [1.82, 2.24) is 29.5 Å². The van der Waals surface area contributed by atoms with Crippen LogP contribution < -0.4 is 18.9 Å². The third-order valence-electron chi connectivity index (χ3n) is 5.57. The molecule has 1 aromatic carbocycles. The molecule has 4 heterocycles. The minimum atomic E-state index is -3.84. The molecule has 0 bridgehead atoms. The Balaban J connectivity index is 1.69. The van der Waals surface area contributed by atoms with E-state index in [0.717, 1.165) is 0 Å². The van der Waals surface area contributed by atoms with E-state index < -0.39 is 10.0 Å². The highest BCUT2D eigenvalue weighted by Gasteiger charge is 2.24. The van der Waals surface area contributed by atoms with Crippen LogP contribution in [0, 0.1) is 0 Å². The van der Waals surface area contributed by atoms with Gasteiger partial charge >= 0.3 is 0 Å². The average molecular weight is 548 g/mol. The van der Waals surface area contributed by atoms with Crippen molar-refractivity contribution in [3.05, 3.63) is 72.7 Å². The van der Waals surface area contributed by atoms with Gasteiger partial charge < -0.3 is 14.2 Å². The molecule has 200 valence electrons. The molecule has 0 unspecified atom stereocenters. The first-order valence-electron chi connectivity index (χ1n) is 11.9. The fourth-order valence-corrected chi connectivity index (χ4v) is 5.03. The van der Waals surface area contributed by atoms with E-state index in [1.54, 1.807) is 59.2 Å². The summed E-state index contributed by atoms with van der Waals surface area (Å²) in [5.74, 6) is 1.42. The molecule has 5 rings (SSSR count). The predicted octanol–water partition coefficient (Wildman–Crippen LogP) is 3.63. The standard InChI is InChI=1S/C26H25N7O5S/c1-4-38-22-13-7-10-18(29-22)25-31-24-26(33(25)23-19(36-2)11-8-12-20(23)37-3)30-21(15-28-24)32-39(34,35)16-17-9-5-6-14-27-17/h5-15H,4,16H2,1-3H3,(H,30,32). The highest BCUT2D eigenvalue weighted by atomic mass is 32.2. The lowest BCUT2D eigenvalue weighted by molar-refractivity contribution is 0.327. The van der Waals surface area contributed by atoms with E-state index in [-0.39, 0.29) is 22.9 Å². The SMILES string of the molecule is CCOc1cccc(-c2nc3ncc(NS(=O)(=O)Cc4ccccn4)nc3n2-c2c(OC)cccc2OC)n1. The number of para-hydroxylation sites is 1.